The summed E-state index contributed by atoms with van der Waals surface area (Å²) < 4.78 is 28.1. The van der Waals surface area contributed by atoms with Crippen LogP contribution in [0.25, 0.3) is 10.6 Å². The molecule has 0 atom stereocenters. The van der Waals surface area contributed by atoms with E-state index in [9.17, 15) is 18.4 Å². The molecule has 3 rings (SSSR count). The lowest BCUT2D eigenvalue weighted by Gasteiger charge is -2.25. The third kappa shape index (κ3) is 3.41. The molecule has 1 N–H and O–H groups in total. The second-order valence-corrected chi connectivity index (χ2v) is 7.03. The molecule has 0 aliphatic carbocycles. The van der Waals surface area contributed by atoms with E-state index in [4.69, 9.17) is 0 Å². The molecule has 2 heterocycles. The van der Waals surface area contributed by atoms with Gasteiger partial charge in [0.2, 0.25) is 0 Å². The third-order valence-corrected chi connectivity index (χ3v) is 4.73. The number of hydrogen-bond donors (Lipinski definition) is 1. The fourth-order valence-electron chi connectivity index (χ4n) is 2.33. The second kappa shape index (κ2) is 6.80. The molecule has 134 valence electrons. The van der Waals surface area contributed by atoms with Crippen molar-refractivity contribution < 1.29 is 13.6 Å². The number of amides is 1. The zero-order valence-electron chi connectivity index (χ0n) is 14.0. The van der Waals surface area contributed by atoms with Crippen molar-refractivity contribution in [2.24, 2.45) is 0 Å². The zero-order valence-corrected chi connectivity index (χ0v) is 14.8. The van der Waals surface area contributed by atoms with E-state index in [0.29, 0.717) is 5.69 Å². The standard InChI is InChI=1S/C18H15F2N3O2S/c1-18(2,17(25)21-14-10-11(19)5-6-12(14)20)23-16(24)8-7-13(22-23)15-4-3-9-26-15/h3-10H,1-2H3,(H,21,25). The normalized spacial score (nSPS) is 11.4. The van der Waals surface area contributed by atoms with Crippen molar-refractivity contribution in [3.05, 3.63) is 69.8 Å². The van der Waals surface area contributed by atoms with Gasteiger partial charge in [-0.25, -0.2) is 13.5 Å². The summed E-state index contributed by atoms with van der Waals surface area (Å²) >= 11 is 1.45. The Balaban J connectivity index is 1.96. The van der Waals surface area contributed by atoms with Crippen molar-refractivity contribution in [2.45, 2.75) is 19.4 Å². The van der Waals surface area contributed by atoms with Crippen molar-refractivity contribution in [3.8, 4) is 10.6 Å². The lowest BCUT2D eigenvalue weighted by molar-refractivity contribution is -0.123. The Morgan fingerprint density at radius 3 is 2.65 bits per heavy atom. The summed E-state index contributed by atoms with van der Waals surface area (Å²) in [6.07, 6.45) is 0. The Hall–Kier alpha value is -2.87. The van der Waals surface area contributed by atoms with E-state index in [-0.39, 0.29) is 5.69 Å². The molecule has 2 aromatic heterocycles. The van der Waals surface area contributed by atoms with E-state index in [0.717, 1.165) is 27.8 Å². The summed E-state index contributed by atoms with van der Waals surface area (Å²) in [5, 5.41) is 8.47. The van der Waals surface area contributed by atoms with E-state index in [1.807, 2.05) is 17.5 Å². The molecule has 0 radical (unpaired) electrons. The van der Waals surface area contributed by atoms with Gasteiger partial charge in [-0.05, 0) is 43.5 Å². The zero-order chi connectivity index (χ0) is 18.9. The quantitative estimate of drug-likeness (QED) is 0.757. The lowest BCUT2D eigenvalue weighted by atomic mass is 10.0. The summed E-state index contributed by atoms with van der Waals surface area (Å²) in [6, 6.07) is 9.33. The van der Waals surface area contributed by atoms with Crippen molar-refractivity contribution in [1.82, 2.24) is 9.78 Å². The molecular formula is C18H15F2N3O2S. The monoisotopic (exact) mass is 375 g/mol. The van der Waals surface area contributed by atoms with Crippen LogP contribution in [0.5, 0.6) is 0 Å². The van der Waals surface area contributed by atoms with Crippen LogP contribution in [-0.4, -0.2) is 15.7 Å². The average molecular weight is 375 g/mol. The highest BCUT2D eigenvalue weighted by atomic mass is 32.1. The maximum absolute atomic E-state index is 13.8. The maximum atomic E-state index is 13.8. The largest absolute Gasteiger partial charge is 0.321 e. The fourth-order valence-corrected chi connectivity index (χ4v) is 3.02. The number of aromatic nitrogens is 2. The molecule has 0 aliphatic rings. The highest BCUT2D eigenvalue weighted by molar-refractivity contribution is 7.13. The van der Waals surface area contributed by atoms with Gasteiger partial charge >= 0.3 is 0 Å². The number of benzene rings is 1. The number of rotatable bonds is 4. The van der Waals surface area contributed by atoms with E-state index >= 15 is 0 Å². The molecule has 0 unspecified atom stereocenters. The number of halogens is 2. The molecular weight excluding hydrogens is 360 g/mol. The Morgan fingerprint density at radius 2 is 1.96 bits per heavy atom. The first-order chi connectivity index (χ1) is 12.3. The number of nitrogens with one attached hydrogen (secondary N) is 1. The average Bonchev–Trinajstić information content (AvgIpc) is 3.13. The van der Waals surface area contributed by atoms with Gasteiger partial charge in [-0.1, -0.05) is 6.07 Å². The Kier molecular flexibility index (Phi) is 4.69. The first-order valence-electron chi connectivity index (χ1n) is 7.70. The van der Waals surface area contributed by atoms with Gasteiger partial charge in [-0.3, -0.25) is 9.59 Å². The number of anilines is 1. The van der Waals surface area contributed by atoms with Crippen LogP contribution in [0.1, 0.15) is 13.8 Å². The molecule has 0 saturated heterocycles. The third-order valence-electron chi connectivity index (χ3n) is 3.84. The van der Waals surface area contributed by atoms with Crippen molar-refractivity contribution >= 4 is 22.9 Å². The summed E-state index contributed by atoms with van der Waals surface area (Å²) in [5.41, 5.74) is -1.67. The van der Waals surface area contributed by atoms with E-state index < -0.39 is 28.6 Å². The molecule has 0 spiro atoms. The molecule has 1 aromatic carbocycles. The first-order valence-corrected chi connectivity index (χ1v) is 8.58. The van der Waals surface area contributed by atoms with Crippen LogP contribution in [0.3, 0.4) is 0 Å². The second-order valence-electron chi connectivity index (χ2n) is 6.08. The maximum Gasteiger partial charge on any atom is 0.267 e. The van der Waals surface area contributed by atoms with Gasteiger partial charge in [-0.15, -0.1) is 11.3 Å². The van der Waals surface area contributed by atoms with Crippen molar-refractivity contribution in [3.63, 3.8) is 0 Å². The van der Waals surface area contributed by atoms with Crippen molar-refractivity contribution in [2.75, 3.05) is 5.32 Å². The van der Waals surface area contributed by atoms with Crippen LogP contribution < -0.4 is 10.9 Å². The highest BCUT2D eigenvalue weighted by Gasteiger charge is 2.33. The van der Waals surface area contributed by atoms with Gasteiger partial charge in [0.05, 0.1) is 10.6 Å². The fraction of sp³-hybridized carbons (Fsp3) is 0.167. The van der Waals surface area contributed by atoms with Crippen LogP contribution in [-0.2, 0) is 10.3 Å². The summed E-state index contributed by atoms with van der Waals surface area (Å²) in [6.45, 7) is 2.96. The van der Waals surface area contributed by atoms with Gasteiger partial charge in [0.15, 0.2) is 0 Å². The van der Waals surface area contributed by atoms with Gasteiger partial charge in [0.25, 0.3) is 11.5 Å². The Bertz CT molecular complexity index is 1010. The molecule has 0 bridgehead atoms. The van der Waals surface area contributed by atoms with E-state index in [2.05, 4.69) is 10.4 Å². The molecule has 5 nitrogen and oxygen atoms in total. The van der Waals surface area contributed by atoms with Crippen LogP contribution in [0, 0.1) is 11.6 Å². The Labute approximate surface area is 151 Å². The van der Waals surface area contributed by atoms with Gasteiger partial charge in [-0.2, -0.15) is 5.10 Å². The van der Waals surface area contributed by atoms with E-state index in [1.165, 1.54) is 31.3 Å². The number of carbonyl (C=O) groups is 1. The summed E-state index contributed by atoms with van der Waals surface area (Å²) in [4.78, 5) is 25.7. The van der Waals surface area contributed by atoms with Crippen molar-refractivity contribution in [1.29, 1.82) is 0 Å². The predicted molar refractivity (Wildman–Crippen MR) is 96.1 cm³/mol. The Morgan fingerprint density at radius 1 is 1.19 bits per heavy atom. The lowest BCUT2D eigenvalue weighted by Crippen LogP contribution is -2.47. The summed E-state index contributed by atoms with van der Waals surface area (Å²) in [5.74, 6) is -2.15. The number of carbonyl (C=O) groups excluding carboxylic acids is 1. The van der Waals surface area contributed by atoms with Crippen LogP contribution in [0.2, 0.25) is 0 Å². The van der Waals surface area contributed by atoms with Gasteiger partial charge in [0.1, 0.15) is 22.9 Å². The van der Waals surface area contributed by atoms with E-state index in [1.54, 1.807) is 6.07 Å². The molecule has 0 aliphatic heterocycles. The summed E-state index contributed by atoms with van der Waals surface area (Å²) in [7, 11) is 0. The molecule has 0 fully saturated rings. The number of thiophene rings is 1. The molecule has 3 aromatic rings. The molecule has 26 heavy (non-hydrogen) atoms. The molecule has 1 amide bonds. The van der Waals surface area contributed by atoms with Crippen LogP contribution in [0.15, 0.2) is 52.6 Å². The topological polar surface area (TPSA) is 64.0 Å². The predicted octanol–water partition coefficient (Wildman–Crippen LogP) is 3.62. The molecule has 0 saturated carbocycles. The minimum atomic E-state index is -1.43. The van der Waals surface area contributed by atoms with Gasteiger partial charge < -0.3 is 5.32 Å². The van der Waals surface area contributed by atoms with Crippen LogP contribution >= 0.6 is 11.3 Å². The minimum Gasteiger partial charge on any atom is -0.321 e. The SMILES string of the molecule is CC(C)(C(=O)Nc1cc(F)ccc1F)n1nc(-c2cccs2)ccc1=O. The first kappa shape index (κ1) is 17.9. The molecule has 8 heteroatoms. The van der Waals surface area contributed by atoms with Gasteiger partial charge in [0, 0.05) is 12.1 Å². The number of hydrogen-bond acceptors (Lipinski definition) is 4. The smallest absolute Gasteiger partial charge is 0.267 e. The minimum absolute atomic E-state index is 0.300. The number of nitrogens with zero attached hydrogens (tertiary/aromatic N) is 2. The van der Waals surface area contributed by atoms with Crippen LogP contribution in [0.4, 0.5) is 14.5 Å². The highest BCUT2D eigenvalue weighted by Crippen LogP contribution is 2.24.